The number of carboxylic acids is 1. The molecular weight excluding hydrogens is 742 g/mol. The SMILES string of the molecule is COc1cc(C(=O)N2CC[C@@](CCN3CCC(C(=O)NC(=O)N4[C@@H](C(=O)O)N5CCN4CC5)(c4ccccc4)CC3)(c3ccc(F)c(F)c3)C2)cc(OC)c1OC. The topological polar surface area (TPSA) is 144 Å². The third-order valence-electron chi connectivity index (χ3n) is 12.3. The summed E-state index contributed by atoms with van der Waals surface area (Å²) >= 11 is 0. The van der Waals surface area contributed by atoms with E-state index in [1.165, 1.54) is 27.4 Å². The zero-order valence-electron chi connectivity index (χ0n) is 32.3. The summed E-state index contributed by atoms with van der Waals surface area (Å²) in [6.07, 6.45) is 0.567. The molecule has 2 atom stereocenters. The van der Waals surface area contributed by atoms with Gasteiger partial charge in [0, 0.05) is 50.2 Å². The van der Waals surface area contributed by atoms with Gasteiger partial charge in [-0.05, 0) is 80.7 Å². The highest BCUT2D eigenvalue weighted by molar-refractivity contribution is 6.01. The fourth-order valence-corrected chi connectivity index (χ4v) is 9.03. The number of hydrogen-bond acceptors (Lipinski definition) is 10. The smallest absolute Gasteiger partial charge is 0.343 e. The molecule has 0 saturated carbocycles. The number of likely N-dealkylation sites (tertiary alicyclic amines) is 2. The van der Waals surface area contributed by atoms with E-state index < -0.39 is 46.5 Å². The number of aliphatic carboxylic acids is 1. The number of urea groups is 1. The number of nitrogens with one attached hydrogen (secondary N) is 1. The highest BCUT2D eigenvalue weighted by Gasteiger charge is 2.49. The number of carbonyl (C=O) groups excluding carboxylic acids is 3. The number of piperidine rings is 1. The Labute approximate surface area is 329 Å². The van der Waals surface area contributed by atoms with Crippen LogP contribution in [0.25, 0.3) is 0 Å². The van der Waals surface area contributed by atoms with Gasteiger partial charge in [0.1, 0.15) is 0 Å². The van der Waals surface area contributed by atoms with Gasteiger partial charge in [0.25, 0.3) is 5.91 Å². The van der Waals surface area contributed by atoms with Crippen molar-refractivity contribution >= 4 is 23.8 Å². The maximum absolute atomic E-state index is 14.8. The molecule has 5 aliphatic heterocycles. The minimum Gasteiger partial charge on any atom is -0.493 e. The molecule has 0 spiro atoms. The van der Waals surface area contributed by atoms with Crippen LogP contribution in [0, 0.1) is 11.6 Å². The Morgan fingerprint density at radius 3 is 2.05 bits per heavy atom. The summed E-state index contributed by atoms with van der Waals surface area (Å²) in [5.74, 6) is -2.82. The first-order valence-electron chi connectivity index (χ1n) is 19.1. The molecule has 14 nitrogen and oxygen atoms in total. The summed E-state index contributed by atoms with van der Waals surface area (Å²) in [5, 5.41) is 15.4. The number of benzene rings is 3. The average Bonchev–Trinajstić information content (AvgIpc) is 3.69. The van der Waals surface area contributed by atoms with E-state index in [-0.39, 0.29) is 12.5 Å². The van der Waals surface area contributed by atoms with Gasteiger partial charge in [-0.3, -0.25) is 19.8 Å². The number of nitrogens with zero attached hydrogens (tertiary/aromatic N) is 5. The van der Waals surface area contributed by atoms with Gasteiger partial charge < -0.3 is 29.1 Å². The van der Waals surface area contributed by atoms with E-state index >= 15 is 0 Å². The van der Waals surface area contributed by atoms with Crippen LogP contribution < -0.4 is 19.5 Å². The predicted molar refractivity (Wildman–Crippen MR) is 203 cm³/mol. The summed E-state index contributed by atoms with van der Waals surface area (Å²) < 4.78 is 45.4. The first-order chi connectivity index (χ1) is 27.4. The fourth-order valence-electron chi connectivity index (χ4n) is 9.03. The Morgan fingerprint density at radius 2 is 1.46 bits per heavy atom. The average molecular weight is 791 g/mol. The van der Waals surface area contributed by atoms with E-state index in [2.05, 4.69) is 10.2 Å². The number of piperazine rings is 1. The second kappa shape index (κ2) is 16.3. The fraction of sp³-hybridized carbons (Fsp3) is 0.463. The van der Waals surface area contributed by atoms with Crippen LogP contribution in [0.3, 0.4) is 0 Å². The normalized spacial score (nSPS) is 24.2. The molecule has 57 heavy (non-hydrogen) atoms. The number of amides is 4. The van der Waals surface area contributed by atoms with Crippen molar-refractivity contribution in [3.63, 3.8) is 0 Å². The molecule has 0 unspecified atom stereocenters. The number of fused-ring (bicyclic) bond motifs is 3. The lowest BCUT2D eigenvalue weighted by Gasteiger charge is -2.52. The van der Waals surface area contributed by atoms with Crippen LogP contribution in [0.4, 0.5) is 13.6 Å². The van der Waals surface area contributed by atoms with Crippen LogP contribution in [0.1, 0.15) is 47.2 Å². The largest absolute Gasteiger partial charge is 0.493 e. The maximum atomic E-state index is 14.8. The van der Waals surface area contributed by atoms with Gasteiger partial charge in [-0.1, -0.05) is 36.4 Å². The molecule has 16 heteroatoms. The van der Waals surface area contributed by atoms with Crippen LogP contribution >= 0.6 is 0 Å². The number of rotatable bonds is 11. The standard InChI is InChI=1S/C41H48F2N6O8/c1-55-32-23-27(24-33(56-2)34(32)57-3)36(50)47-18-12-40(26-47,29-9-10-30(42)31(43)25-29)11-15-45-16-13-41(14-17-45,28-7-5-4-6-8-28)38(53)44-39(54)49-35(37(51)52)46-19-21-48(49)22-20-46/h4-10,23-25,35H,11-22,26H2,1-3H3,(H,51,52)(H,44,53,54)/t35-,40+/m0/s1. The summed E-state index contributed by atoms with van der Waals surface area (Å²) in [7, 11) is 4.42. The quantitative estimate of drug-likeness (QED) is 0.294. The minimum absolute atomic E-state index is 0.252. The predicted octanol–water partition coefficient (Wildman–Crippen LogP) is 3.69. The molecule has 3 aromatic carbocycles. The number of halogens is 2. The Kier molecular flexibility index (Phi) is 11.4. The first-order valence-corrected chi connectivity index (χ1v) is 19.1. The Balaban J connectivity index is 1.08. The monoisotopic (exact) mass is 790 g/mol. The molecule has 5 heterocycles. The summed E-state index contributed by atoms with van der Waals surface area (Å²) in [6, 6.07) is 15.6. The molecule has 8 rings (SSSR count). The van der Waals surface area contributed by atoms with E-state index in [0.717, 1.165) is 16.6 Å². The number of carbonyl (C=O) groups is 4. The van der Waals surface area contributed by atoms with Crippen molar-refractivity contribution in [1.82, 2.24) is 30.0 Å². The summed E-state index contributed by atoms with van der Waals surface area (Å²) in [5.41, 5.74) is -0.0952. The number of carboxylic acid groups (broad SMARTS) is 1. The second-order valence-corrected chi connectivity index (χ2v) is 15.1. The zero-order chi connectivity index (χ0) is 40.5. The van der Waals surface area contributed by atoms with Crippen LogP contribution in [0.5, 0.6) is 17.2 Å². The van der Waals surface area contributed by atoms with E-state index in [4.69, 9.17) is 14.2 Å². The molecule has 5 fully saturated rings. The second-order valence-electron chi connectivity index (χ2n) is 15.1. The Bertz CT molecular complexity index is 1980. The molecule has 5 saturated heterocycles. The molecule has 0 radical (unpaired) electrons. The first kappa shape index (κ1) is 39.9. The zero-order valence-corrected chi connectivity index (χ0v) is 32.3. The number of hydrazine groups is 1. The van der Waals surface area contributed by atoms with Crippen molar-refractivity contribution in [2.45, 2.75) is 42.7 Å². The van der Waals surface area contributed by atoms with Gasteiger partial charge in [0.05, 0.1) is 26.7 Å². The van der Waals surface area contributed by atoms with Crippen molar-refractivity contribution in [2.24, 2.45) is 0 Å². The lowest BCUT2D eigenvalue weighted by Crippen LogP contribution is -2.74. The van der Waals surface area contributed by atoms with Crippen LogP contribution in [-0.2, 0) is 20.4 Å². The van der Waals surface area contributed by atoms with Crippen molar-refractivity contribution < 1.29 is 47.3 Å². The van der Waals surface area contributed by atoms with E-state index in [9.17, 15) is 33.1 Å². The number of ether oxygens (including phenoxy) is 3. The molecule has 0 aliphatic carbocycles. The third-order valence-corrected chi connectivity index (χ3v) is 12.3. The Hall–Kier alpha value is -5.32. The molecule has 4 amide bonds. The highest BCUT2D eigenvalue weighted by Crippen LogP contribution is 2.43. The number of imide groups is 1. The lowest BCUT2D eigenvalue weighted by atomic mass is 9.71. The van der Waals surface area contributed by atoms with Gasteiger partial charge in [0.2, 0.25) is 17.8 Å². The molecule has 5 aliphatic rings. The van der Waals surface area contributed by atoms with Gasteiger partial charge in [-0.2, -0.15) is 0 Å². The van der Waals surface area contributed by atoms with Crippen molar-refractivity contribution in [2.75, 3.05) is 80.2 Å². The molecule has 2 bridgehead atoms. The van der Waals surface area contributed by atoms with Crippen molar-refractivity contribution in [3.05, 3.63) is 89.0 Å². The van der Waals surface area contributed by atoms with Gasteiger partial charge in [-0.25, -0.2) is 28.4 Å². The van der Waals surface area contributed by atoms with Crippen LogP contribution in [0.2, 0.25) is 0 Å². The lowest BCUT2D eigenvalue weighted by molar-refractivity contribution is -0.190. The third kappa shape index (κ3) is 7.48. The molecule has 2 N–H and O–H groups in total. The van der Waals surface area contributed by atoms with Crippen molar-refractivity contribution in [1.29, 1.82) is 0 Å². The maximum Gasteiger partial charge on any atom is 0.343 e. The number of hydrogen-bond donors (Lipinski definition) is 2. The van der Waals surface area contributed by atoms with Gasteiger partial charge >= 0.3 is 12.0 Å². The Morgan fingerprint density at radius 1 is 0.789 bits per heavy atom. The molecular formula is C41H48F2N6O8. The van der Waals surface area contributed by atoms with E-state index in [1.54, 1.807) is 33.0 Å². The van der Waals surface area contributed by atoms with Gasteiger partial charge in [-0.15, -0.1) is 0 Å². The van der Waals surface area contributed by atoms with Gasteiger partial charge in [0.15, 0.2) is 23.1 Å². The summed E-state index contributed by atoms with van der Waals surface area (Å²) in [6.45, 7) is 4.11. The highest BCUT2D eigenvalue weighted by atomic mass is 19.2. The van der Waals surface area contributed by atoms with Crippen LogP contribution in [-0.4, -0.2) is 140 Å². The van der Waals surface area contributed by atoms with Crippen LogP contribution in [0.15, 0.2) is 60.7 Å². The van der Waals surface area contributed by atoms with E-state index in [1.807, 2.05) is 30.3 Å². The van der Waals surface area contributed by atoms with E-state index in [0.29, 0.717) is 106 Å². The molecule has 0 aromatic heterocycles. The molecule has 304 valence electrons. The number of methoxy groups -OCH3 is 3. The minimum atomic E-state index is -1.19. The molecule has 3 aromatic rings. The van der Waals surface area contributed by atoms with Crippen molar-refractivity contribution in [3.8, 4) is 17.2 Å². The summed E-state index contributed by atoms with van der Waals surface area (Å²) in [4.78, 5) is 59.8.